The molecule has 1 aromatic rings. The van der Waals surface area contributed by atoms with Crippen molar-refractivity contribution in [1.82, 2.24) is 4.90 Å². The minimum Gasteiger partial charge on any atom is -0.339 e. The van der Waals surface area contributed by atoms with Crippen LogP contribution in [0.25, 0.3) is 0 Å². The third-order valence-electron chi connectivity index (χ3n) is 2.23. The van der Waals surface area contributed by atoms with Gasteiger partial charge in [-0.25, -0.2) is 0 Å². The number of amides is 1. The predicted molar refractivity (Wildman–Crippen MR) is 61.8 cm³/mol. The van der Waals surface area contributed by atoms with Gasteiger partial charge in [-0.1, -0.05) is 26.0 Å². The lowest BCUT2D eigenvalue weighted by Gasteiger charge is -2.21. The maximum atomic E-state index is 12.0. The van der Waals surface area contributed by atoms with E-state index in [-0.39, 0.29) is 5.91 Å². The van der Waals surface area contributed by atoms with Crippen molar-refractivity contribution in [3.63, 3.8) is 0 Å². The van der Waals surface area contributed by atoms with Crippen molar-refractivity contribution in [1.29, 1.82) is 0 Å². The van der Waals surface area contributed by atoms with Crippen molar-refractivity contribution in [2.45, 2.75) is 26.7 Å². The summed E-state index contributed by atoms with van der Waals surface area (Å²) in [7, 11) is 0. The standard InChI is InChI=1S/C13H18NO/c1-3-10-14(11-4-2)13(15)12-8-6-5-7-9-12/h5-6,8-9H,3-4,10-11H2,1-2H3. The van der Waals surface area contributed by atoms with Crippen LogP contribution in [0.15, 0.2) is 24.3 Å². The molecule has 0 heterocycles. The van der Waals surface area contributed by atoms with E-state index in [4.69, 9.17) is 0 Å². The Morgan fingerprint density at radius 2 is 2.00 bits per heavy atom. The molecule has 0 aliphatic rings. The second-order valence-corrected chi connectivity index (χ2v) is 3.58. The molecule has 1 radical (unpaired) electrons. The van der Waals surface area contributed by atoms with Gasteiger partial charge in [-0.05, 0) is 31.0 Å². The second-order valence-electron chi connectivity index (χ2n) is 3.58. The lowest BCUT2D eigenvalue weighted by Crippen LogP contribution is -2.32. The van der Waals surface area contributed by atoms with Crippen LogP contribution in [0.2, 0.25) is 0 Å². The second kappa shape index (κ2) is 6.23. The molecular weight excluding hydrogens is 186 g/mol. The number of carbonyl (C=O) groups is 1. The number of hydrogen-bond donors (Lipinski definition) is 0. The molecule has 0 spiro atoms. The number of carbonyl (C=O) groups excluding carboxylic acids is 1. The van der Waals surface area contributed by atoms with Crippen LogP contribution in [0, 0.1) is 6.07 Å². The summed E-state index contributed by atoms with van der Waals surface area (Å²) in [5.41, 5.74) is 0.736. The Bertz CT molecular complexity index is 289. The Morgan fingerprint density at radius 1 is 1.33 bits per heavy atom. The molecule has 0 fully saturated rings. The van der Waals surface area contributed by atoms with Crippen molar-refractivity contribution in [3.8, 4) is 0 Å². The number of hydrogen-bond acceptors (Lipinski definition) is 1. The van der Waals surface area contributed by atoms with E-state index in [9.17, 15) is 4.79 Å². The molecule has 15 heavy (non-hydrogen) atoms. The van der Waals surface area contributed by atoms with E-state index in [1.165, 1.54) is 0 Å². The van der Waals surface area contributed by atoms with Crippen LogP contribution in [-0.2, 0) is 0 Å². The molecule has 1 amide bonds. The molecule has 0 bridgehead atoms. The normalized spacial score (nSPS) is 10.0. The topological polar surface area (TPSA) is 20.3 Å². The fraction of sp³-hybridized carbons (Fsp3) is 0.462. The van der Waals surface area contributed by atoms with Crippen molar-refractivity contribution in [2.75, 3.05) is 13.1 Å². The van der Waals surface area contributed by atoms with Gasteiger partial charge in [-0.15, -0.1) is 0 Å². The smallest absolute Gasteiger partial charge is 0.253 e. The van der Waals surface area contributed by atoms with Crippen LogP contribution in [0.3, 0.4) is 0 Å². The largest absolute Gasteiger partial charge is 0.339 e. The van der Waals surface area contributed by atoms with Crippen LogP contribution >= 0.6 is 0 Å². The highest BCUT2D eigenvalue weighted by molar-refractivity contribution is 5.94. The van der Waals surface area contributed by atoms with Gasteiger partial charge in [-0.2, -0.15) is 0 Å². The molecule has 0 aromatic heterocycles. The Labute approximate surface area is 91.9 Å². The van der Waals surface area contributed by atoms with Gasteiger partial charge in [0.2, 0.25) is 0 Å². The van der Waals surface area contributed by atoms with Gasteiger partial charge in [0.25, 0.3) is 5.91 Å². The average molecular weight is 204 g/mol. The summed E-state index contributed by atoms with van der Waals surface area (Å²) in [5, 5.41) is 0. The van der Waals surface area contributed by atoms with Gasteiger partial charge in [0, 0.05) is 18.7 Å². The minimum atomic E-state index is 0.121. The van der Waals surface area contributed by atoms with Gasteiger partial charge in [-0.3, -0.25) is 4.79 Å². The molecule has 0 unspecified atom stereocenters. The molecule has 0 aliphatic carbocycles. The maximum Gasteiger partial charge on any atom is 0.253 e. The zero-order valence-corrected chi connectivity index (χ0v) is 9.49. The van der Waals surface area contributed by atoms with E-state index in [0.717, 1.165) is 31.5 Å². The Balaban J connectivity index is 2.71. The third-order valence-corrected chi connectivity index (χ3v) is 2.23. The molecule has 2 heteroatoms. The van der Waals surface area contributed by atoms with Crippen LogP contribution in [0.5, 0.6) is 0 Å². The third kappa shape index (κ3) is 3.39. The van der Waals surface area contributed by atoms with Crippen molar-refractivity contribution in [2.24, 2.45) is 0 Å². The molecule has 0 saturated heterocycles. The van der Waals surface area contributed by atoms with Gasteiger partial charge < -0.3 is 4.90 Å². The van der Waals surface area contributed by atoms with E-state index >= 15 is 0 Å². The molecule has 1 rings (SSSR count). The fourth-order valence-electron chi connectivity index (χ4n) is 1.56. The summed E-state index contributed by atoms with van der Waals surface area (Å²) in [6.07, 6.45) is 2.00. The lowest BCUT2D eigenvalue weighted by molar-refractivity contribution is 0.0755. The van der Waals surface area contributed by atoms with Crippen molar-refractivity contribution >= 4 is 5.91 Å². The first-order valence-electron chi connectivity index (χ1n) is 5.55. The molecule has 81 valence electrons. The molecule has 2 nitrogen and oxygen atoms in total. The van der Waals surface area contributed by atoms with Gasteiger partial charge >= 0.3 is 0 Å². The van der Waals surface area contributed by atoms with E-state index in [2.05, 4.69) is 19.9 Å². The molecule has 0 aliphatic heterocycles. The van der Waals surface area contributed by atoms with Crippen molar-refractivity contribution < 1.29 is 4.79 Å². The van der Waals surface area contributed by atoms with Gasteiger partial charge in [0.15, 0.2) is 0 Å². The maximum absolute atomic E-state index is 12.0. The van der Waals surface area contributed by atoms with Gasteiger partial charge in [0.05, 0.1) is 0 Å². The van der Waals surface area contributed by atoms with E-state index in [1.807, 2.05) is 17.0 Å². The zero-order chi connectivity index (χ0) is 11.1. The summed E-state index contributed by atoms with van der Waals surface area (Å²) in [5.74, 6) is 0.121. The minimum absolute atomic E-state index is 0.121. The molecule has 0 N–H and O–H groups in total. The average Bonchev–Trinajstić information content (AvgIpc) is 2.29. The molecular formula is C13H18NO. The Kier molecular flexibility index (Phi) is 4.88. The SMILES string of the molecule is CCCN(CCC)C(=O)c1c[c]ccc1. The van der Waals surface area contributed by atoms with E-state index in [0.29, 0.717) is 0 Å². The number of benzene rings is 1. The molecule has 0 atom stereocenters. The lowest BCUT2D eigenvalue weighted by atomic mass is 10.2. The first kappa shape index (κ1) is 11.8. The summed E-state index contributed by atoms with van der Waals surface area (Å²) < 4.78 is 0. The van der Waals surface area contributed by atoms with Crippen LogP contribution in [0.1, 0.15) is 37.0 Å². The monoisotopic (exact) mass is 204 g/mol. The molecule has 0 saturated carbocycles. The highest BCUT2D eigenvalue weighted by atomic mass is 16.2. The molecule has 1 aromatic carbocycles. The van der Waals surface area contributed by atoms with E-state index < -0.39 is 0 Å². The van der Waals surface area contributed by atoms with Crippen LogP contribution in [-0.4, -0.2) is 23.9 Å². The highest BCUT2D eigenvalue weighted by Crippen LogP contribution is 2.05. The fourth-order valence-corrected chi connectivity index (χ4v) is 1.56. The van der Waals surface area contributed by atoms with Crippen LogP contribution < -0.4 is 0 Å². The Morgan fingerprint density at radius 3 is 2.47 bits per heavy atom. The first-order valence-corrected chi connectivity index (χ1v) is 5.55. The highest BCUT2D eigenvalue weighted by Gasteiger charge is 2.12. The predicted octanol–water partition coefficient (Wildman–Crippen LogP) is 2.75. The zero-order valence-electron chi connectivity index (χ0n) is 9.49. The van der Waals surface area contributed by atoms with Gasteiger partial charge in [0.1, 0.15) is 0 Å². The van der Waals surface area contributed by atoms with Crippen LogP contribution in [0.4, 0.5) is 0 Å². The van der Waals surface area contributed by atoms with Crippen molar-refractivity contribution in [3.05, 3.63) is 35.9 Å². The first-order chi connectivity index (χ1) is 7.29. The summed E-state index contributed by atoms with van der Waals surface area (Å²) in [6, 6.07) is 10.2. The summed E-state index contributed by atoms with van der Waals surface area (Å²) >= 11 is 0. The number of nitrogens with zero attached hydrogens (tertiary/aromatic N) is 1. The number of rotatable bonds is 5. The quantitative estimate of drug-likeness (QED) is 0.722. The summed E-state index contributed by atoms with van der Waals surface area (Å²) in [4.78, 5) is 13.9. The van der Waals surface area contributed by atoms with E-state index in [1.54, 1.807) is 12.1 Å². The summed E-state index contributed by atoms with van der Waals surface area (Å²) in [6.45, 7) is 5.85. The Hall–Kier alpha value is -1.31.